The molecule has 0 saturated heterocycles. The molecule has 2 atom stereocenters. The van der Waals surface area contributed by atoms with E-state index >= 15 is 0 Å². The van der Waals surface area contributed by atoms with Crippen molar-refractivity contribution in [1.82, 2.24) is 5.32 Å². The molecule has 0 unspecified atom stereocenters. The normalized spacial score (nSPS) is 12.8. The topological polar surface area (TPSA) is 98.5 Å². The van der Waals surface area contributed by atoms with E-state index in [1.54, 1.807) is 25.1 Å². The van der Waals surface area contributed by atoms with Crippen molar-refractivity contribution in [3.8, 4) is 0 Å². The van der Waals surface area contributed by atoms with Gasteiger partial charge in [-0.25, -0.2) is 4.79 Å². The molecule has 0 radical (unpaired) electrons. The van der Waals surface area contributed by atoms with E-state index in [1.807, 2.05) is 0 Å². The van der Waals surface area contributed by atoms with Gasteiger partial charge in [0.15, 0.2) is 6.10 Å². The van der Waals surface area contributed by atoms with E-state index in [1.165, 1.54) is 13.0 Å². The van der Waals surface area contributed by atoms with E-state index in [9.17, 15) is 19.7 Å². The van der Waals surface area contributed by atoms with Crippen LogP contribution in [0.2, 0.25) is 15.1 Å². The van der Waals surface area contributed by atoms with Gasteiger partial charge < -0.3 is 10.1 Å². The minimum atomic E-state index is -1.13. The molecular formula is C18H15Cl3N2O5. The fourth-order valence-corrected chi connectivity index (χ4v) is 3.15. The molecule has 0 aliphatic carbocycles. The third-order valence-electron chi connectivity index (χ3n) is 3.82. The van der Waals surface area contributed by atoms with E-state index in [0.717, 1.165) is 12.1 Å². The standard InChI is InChI=1S/C18H15Cl3N2O5/c1-9(13-5-3-11(19)7-15(13)20)22-17(24)10(2)28-18(25)14-6-4-12(23(26)27)8-16(14)21/h3-10H,1-2H3,(H,22,24)/t9-,10-/m1/s1. The molecule has 0 aliphatic rings. The van der Waals surface area contributed by atoms with Crippen molar-refractivity contribution < 1.29 is 19.2 Å². The average molecular weight is 446 g/mol. The van der Waals surface area contributed by atoms with Gasteiger partial charge in [-0.05, 0) is 37.6 Å². The second kappa shape index (κ2) is 9.23. The van der Waals surface area contributed by atoms with Gasteiger partial charge >= 0.3 is 5.97 Å². The number of nitrogens with zero attached hydrogens (tertiary/aromatic N) is 1. The minimum absolute atomic E-state index is 0.0827. The lowest BCUT2D eigenvalue weighted by Gasteiger charge is -2.19. The van der Waals surface area contributed by atoms with Crippen LogP contribution in [-0.4, -0.2) is 22.9 Å². The van der Waals surface area contributed by atoms with E-state index in [4.69, 9.17) is 39.5 Å². The van der Waals surface area contributed by atoms with E-state index < -0.39 is 28.9 Å². The lowest BCUT2D eigenvalue weighted by Crippen LogP contribution is -2.37. The Bertz CT molecular complexity index is 935. The molecule has 0 aliphatic heterocycles. The lowest BCUT2D eigenvalue weighted by atomic mass is 10.1. The molecule has 0 fully saturated rings. The van der Waals surface area contributed by atoms with Crippen LogP contribution in [0.3, 0.4) is 0 Å². The van der Waals surface area contributed by atoms with E-state index in [2.05, 4.69) is 5.32 Å². The molecule has 2 aromatic carbocycles. The molecule has 0 aromatic heterocycles. The van der Waals surface area contributed by atoms with Crippen molar-refractivity contribution in [2.75, 3.05) is 0 Å². The molecule has 148 valence electrons. The van der Waals surface area contributed by atoms with Crippen molar-refractivity contribution in [3.63, 3.8) is 0 Å². The van der Waals surface area contributed by atoms with Crippen LogP contribution in [-0.2, 0) is 9.53 Å². The molecule has 1 N–H and O–H groups in total. The van der Waals surface area contributed by atoms with Gasteiger partial charge in [0, 0.05) is 22.2 Å². The number of non-ortho nitro benzene ring substituents is 1. The van der Waals surface area contributed by atoms with Gasteiger partial charge in [-0.15, -0.1) is 0 Å². The van der Waals surface area contributed by atoms with Crippen molar-refractivity contribution in [2.45, 2.75) is 26.0 Å². The predicted molar refractivity (Wildman–Crippen MR) is 106 cm³/mol. The number of hydrogen-bond acceptors (Lipinski definition) is 5. The zero-order valence-electron chi connectivity index (χ0n) is 14.7. The van der Waals surface area contributed by atoms with Crippen LogP contribution < -0.4 is 5.32 Å². The Balaban J connectivity index is 2.03. The van der Waals surface area contributed by atoms with Crippen LogP contribution in [0, 0.1) is 10.1 Å². The van der Waals surface area contributed by atoms with Gasteiger partial charge in [-0.3, -0.25) is 14.9 Å². The lowest BCUT2D eigenvalue weighted by molar-refractivity contribution is -0.384. The highest BCUT2D eigenvalue weighted by atomic mass is 35.5. The average Bonchev–Trinajstić information content (AvgIpc) is 2.60. The highest BCUT2D eigenvalue weighted by Gasteiger charge is 2.23. The van der Waals surface area contributed by atoms with Crippen LogP contribution in [0.4, 0.5) is 5.69 Å². The number of hydrogen-bond donors (Lipinski definition) is 1. The molecule has 7 nitrogen and oxygen atoms in total. The number of esters is 1. The summed E-state index contributed by atoms with van der Waals surface area (Å²) < 4.78 is 5.11. The van der Waals surface area contributed by atoms with Gasteiger partial charge in [-0.1, -0.05) is 40.9 Å². The van der Waals surface area contributed by atoms with Crippen molar-refractivity contribution >= 4 is 52.4 Å². The number of nitro benzene ring substituents is 1. The van der Waals surface area contributed by atoms with Gasteiger partial charge in [0.2, 0.25) is 0 Å². The zero-order valence-corrected chi connectivity index (χ0v) is 17.0. The maximum Gasteiger partial charge on any atom is 0.340 e. The summed E-state index contributed by atoms with van der Waals surface area (Å²) in [6.07, 6.45) is -1.13. The quantitative estimate of drug-likeness (QED) is 0.384. The molecular weight excluding hydrogens is 431 g/mol. The molecule has 0 heterocycles. The summed E-state index contributed by atoms with van der Waals surface area (Å²) in [7, 11) is 0. The second-order valence-electron chi connectivity index (χ2n) is 5.86. The maximum absolute atomic E-state index is 12.3. The highest BCUT2D eigenvalue weighted by Crippen LogP contribution is 2.26. The first kappa shape index (κ1) is 21.9. The zero-order chi connectivity index (χ0) is 21.0. The Morgan fingerprint density at radius 3 is 2.32 bits per heavy atom. The molecule has 2 rings (SSSR count). The first-order valence-corrected chi connectivity index (χ1v) is 9.13. The fraction of sp³-hybridized carbons (Fsp3) is 0.222. The predicted octanol–water partition coefficient (Wildman–Crippen LogP) is 4.98. The second-order valence-corrected chi connectivity index (χ2v) is 7.12. The Morgan fingerprint density at radius 2 is 1.75 bits per heavy atom. The van der Waals surface area contributed by atoms with Gasteiger partial charge in [0.1, 0.15) is 0 Å². The van der Waals surface area contributed by atoms with Crippen LogP contribution in [0.15, 0.2) is 36.4 Å². The van der Waals surface area contributed by atoms with Crippen molar-refractivity contribution in [2.24, 2.45) is 0 Å². The number of benzene rings is 2. The summed E-state index contributed by atoms with van der Waals surface area (Å²) in [5.74, 6) is -1.43. The van der Waals surface area contributed by atoms with Gasteiger partial charge in [0.05, 0.1) is 21.6 Å². The van der Waals surface area contributed by atoms with Crippen LogP contribution in [0.5, 0.6) is 0 Å². The molecule has 10 heteroatoms. The fourth-order valence-electron chi connectivity index (χ4n) is 2.32. The summed E-state index contributed by atoms with van der Waals surface area (Å²) in [5.41, 5.74) is 0.304. The maximum atomic E-state index is 12.3. The number of ether oxygens (including phenoxy) is 1. The third kappa shape index (κ3) is 5.34. The van der Waals surface area contributed by atoms with E-state index in [0.29, 0.717) is 15.6 Å². The Kier molecular flexibility index (Phi) is 7.23. The summed E-state index contributed by atoms with van der Waals surface area (Å²) >= 11 is 17.9. The smallest absolute Gasteiger partial charge is 0.340 e. The SMILES string of the molecule is C[C@@H](OC(=O)c1ccc([N+](=O)[O-])cc1Cl)C(=O)N[C@H](C)c1ccc(Cl)cc1Cl. The first-order chi connectivity index (χ1) is 13.1. The molecule has 0 saturated carbocycles. The Hall–Kier alpha value is -2.35. The number of amides is 1. The molecule has 2 aromatic rings. The largest absolute Gasteiger partial charge is 0.449 e. The molecule has 0 bridgehead atoms. The first-order valence-electron chi connectivity index (χ1n) is 8.00. The van der Waals surface area contributed by atoms with Gasteiger partial charge in [-0.2, -0.15) is 0 Å². The number of nitrogens with one attached hydrogen (secondary N) is 1. The molecule has 0 spiro atoms. The number of halogens is 3. The summed E-state index contributed by atoms with van der Waals surface area (Å²) in [6.45, 7) is 3.11. The van der Waals surface area contributed by atoms with Crippen LogP contribution in [0.1, 0.15) is 35.8 Å². The minimum Gasteiger partial charge on any atom is -0.449 e. The number of carbonyl (C=O) groups is 2. The highest BCUT2D eigenvalue weighted by molar-refractivity contribution is 6.35. The third-order valence-corrected chi connectivity index (χ3v) is 4.70. The van der Waals surface area contributed by atoms with E-state index in [-0.39, 0.29) is 16.3 Å². The van der Waals surface area contributed by atoms with Crippen molar-refractivity contribution in [1.29, 1.82) is 0 Å². The van der Waals surface area contributed by atoms with Crippen molar-refractivity contribution in [3.05, 3.63) is 72.7 Å². The number of rotatable bonds is 6. The summed E-state index contributed by atoms with van der Waals surface area (Å²) in [6, 6.07) is 7.76. The monoisotopic (exact) mass is 444 g/mol. The number of nitro groups is 1. The Labute approximate surface area is 175 Å². The number of carbonyl (C=O) groups excluding carboxylic acids is 2. The molecule has 28 heavy (non-hydrogen) atoms. The summed E-state index contributed by atoms with van der Waals surface area (Å²) in [4.78, 5) is 34.6. The van der Waals surface area contributed by atoms with Gasteiger partial charge in [0.25, 0.3) is 11.6 Å². The Morgan fingerprint density at radius 1 is 1.07 bits per heavy atom. The summed E-state index contributed by atoms with van der Waals surface area (Å²) in [5, 5.41) is 14.1. The molecule has 1 amide bonds. The van der Waals surface area contributed by atoms with Crippen LogP contribution >= 0.6 is 34.8 Å². The van der Waals surface area contributed by atoms with Crippen LogP contribution in [0.25, 0.3) is 0 Å².